The number of nitrogens with one attached hydrogen (secondary N) is 2. The Kier molecular flexibility index (Phi) is 5.98. The van der Waals surface area contributed by atoms with Crippen LogP contribution in [0.15, 0.2) is 17.5 Å². The molecule has 0 radical (unpaired) electrons. The summed E-state index contributed by atoms with van der Waals surface area (Å²) < 4.78 is 0. The van der Waals surface area contributed by atoms with Crippen LogP contribution in [0.1, 0.15) is 18.2 Å². The molecular weight excluding hydrogens is 284 g/mol. The number of aliphatic carboxylic acids is 2. The highest BCUT2D eigenvalue weighted by Crippen LogP contribution is 2.10. The maximum atomic E-state index is 11.6. The Hall–Kier alpha value is -2.09. The Morgan fingerprint density at radius 2 is 2.00 bits per heavy atom. The molecule has 110 valence electrons. The third-order valence-electron chi connectivity index (χ3n) is 2.45. The van der Waals surface area contributed by atoms with Crippen LogP contribution >= 0.6 is 11.3 Å². The molecule has 0 aliphatic rings. The Morgan fingerprint density at radius 3 is 2.50 bits per heavy atom. The van der Waals surface area contributed by atoms with E-state index < -0.39 is 30.4 Å². The van der Waals surface area contributed by atoms with Crippen molar-refractivity contribution < 1.29 is 24.6 Å². The second-order valence-electron chi connectivity index (χ2n) is 4.29. The number of carbonyl (C=O) groups excluding carboxylic acids is 1. The van der Waals surface area contributed by atoms with Crippen molar-refractivity contribution in [1.29, 1.82) is 0 Å². The number of hydrogen-bond acceptors (Lipinski definition) is 4. The lowest BCUT2D eigenvalue weighted by molar-refractivity contribution is -0.145. The van der Waals surface area contributed by atoms with E-state index in [9.17, 15) is 14.4 Å². The highest BCUT2D eigenvalue weighted by atomic mass is 32.1. The average Bonchev–Trinajstić information content (AvgIpc) is 2.79. The minimum atomic E-state index is -1.44. The Bertz CT molecular complexity index is 474. The van der Waals surface area contributed by atoms with E-state index in [1.54, 1.807) is 18.3 Å². The molecule has 1 aromatic rings. The monoisotopic (exact) mass is 300 g/mol. The summed E-state index contributed by atoms with van der Waals surface area (Å²) in [6.07, 6.45) is -0.0379. The van der Waals surface area contributed by atoms with Gasteiger partial charge in [0.25, 0.3) is 0 Å². The van der Waals surface area contributed by atoms with E-state index in [0.29, 0.717) is 6.42 Å². The van der Waals surface area contributed by atoms with Crippen LogP contribution in [0, 0.1) is 0 Å². The fourth-order valence-electron chi connectivity index (χ4n) is 1.58. The molecule has 0 saturated carbocycles. The molecule has 1 aromatic heterocycles. The first-order valence-corrected chi connectivity index (χ1v) is 6.80. The van der Waals surface area contributed by atoms with E-state index in [1.807, 2.05) is 17.5 Å². The van der Waals surface area contributed by atoms with Gasteiger partial charge in [-0.25, -0.2) is 9.59 Å². The molecule has 0 aliphatic carbocycles. The number of rotatable bonds is 7. The van der Waals surface area contributed by atoms with Gasteiger partial charge in [-0.3, -0.25) is 4.79 Å². The van der Waals surface area contributed by atoms with Crippen LogP contribution < -0.4 is 10.6 Å². The second-order valence-corrected chi connectivity index (χ2v) is 5.32. The van der Waals surface area contributed by atoms with Gasteiger partial charge in [-0.2, -0.15) is 0 Å². The molecule has 0 bridgehead atoms. The summed E-state index contributed by atoms with van der Waals surface area (Å²) in [5, 5.41) is 24.0. The molecule has 20 heavy (non-hydrogen) atoms. The van der Waals surface area contributed by atoms with Crippen molar-refractivity contribution in [2.24, 2.45) is 0 Å². The van der Waals surface area contributed by atoms with E-state index in [1.165, 1.54) is 0 Å². The predicted molar refractivity (Wildman–Crippen MR) is 72.8 cm³/mol. The van der Waals surface area contributed by atoms with Crippen molar-refractivity contribution >= 4 is 29.3 Å². The van der Waals surface area contributed by atoms with E-state index in [0.717, 1.165) is 4.88 Å². The van der Waals surface area contributed by atoms with Crippen LogP contribution in [0.4, 0.5) is 4.79 Å². The Morgan fingerprint density at radius 1 is 1.30 bits per heavy atom. The highest BCUT2D eigenvalue weighted by molar-refractivity contribution is 7.09. The van der Waals surface area contributed by atoms with Crippen molar-refractivity contribution in [3.05, 3.63) is 22.4 Å². The molecule has 0 aliphatic heterocycles. The molecule has 2 atom stereocenters. The van der Waals surface area contributed by atoms with Crippen molar-refractivity contribution in [2.45, 2.75) is 31.8 Å². The van der Waals surface area contributed by atoms with E-state index in [4.69, 9.17) is 10.2 Å². The minimum Gasteiger partial charge on any atom is -0.481 e. The number of carboxylic acids is 2. The van der Waals surface area contributed by atoms with Gasteiger partial charge in [-0.1, -0.05) is 6.07 Å². The largest absolute Gasteiger partial charge is 0.481 e. The van der Waals surface area contributed by atoms with Gasteiger partial charge >= 0.3 is 18.0 Å². The number of carboxylic acid groups (broad SMARTS) is 2. The summed E-state index contributed by atoms with van der Waals surface area (Å²) in [6, 6.07) is 1.52. The molecule has 1 rings (SSSR count). The Labute approximate surface area is 119 Å². The van der Waals surface area contributed by atoms with Gasteiger partial charge in [0.05, 0.1) is 6.42 Å². The molecule has 1 heterocycles. The number of hydrogen-bond donors (Lipinski definition) is 4. The molecule has 2 unspecified atom stereocenters. The lowest BCUT2D eigenvalue weighted by Crippen LogP contribution is -2.49. The van der Waals surface area contributed by atoms with Gasteiger partial charge in [0, 0.05) is 17.3 Å². The molecule has 4 N–H and O–H groups in total. The topological polar surface area (TPSA) is 116 Å². The first-order chi connectivity index (χ1) is 9.38. The maximum absolute atomic E-state index is 11.6. The maximum Gasteiger partial charge on any atom is 0.326 e. The van der Waals surface area contributed by atoms with E-state index in [2.05, 4.69) is 10.6 Å². The van der Waals surface area contributed by atoms with Gasteiger partial charge in [0.15, 0.2) is 0 Å². The zero-order valence-electron chi connectivity index (χ0n) is 10.8. The summed E-state index contributed by atoms with van der Waals surface area (Å²) in [5.74, 6) is -2.67. The van der Waals surface area contributed by atoms with Crippen LogP contribution in [-0.2, 0) is 16.0 Å². The molecular formula is C12H16N2O5S. The third kappa shape index (κ3) is 5.70. The normalized spacial score (nSPS) is 13.2. The summed E-state index contributed by atoms with van der Waals surface area (Å²) in [7, 11) is 0. The molecule has 0 fully saturated rings. The molecule has 7 nitrogen and oxygen atoms in total. The van der Waals surface area contributed by atoms with Gasteiger partial charge in [-0.15, -0.1) is 11.3 Å². The van der Waals surface area contributed by atoms with Crippen LogP contribution in [0.5, 0.6) is 0 Å². The van der Waals surface area contributed by atoms with Crippen LogP contribution in [0.2, 0.25) is 0 Å². The van der Waals surface area contributed by atoms with Crippen molar-refractivity contribution in [2.75, 3.05) is 0 Å². The second kappa shape index (κ2) is 7.49. The van der Waals surface area contributed by atoms with Gasteiger partial charge in [-0.05, 0) is 18.4 Å². The molecule has 0 aromatic carbocycles. The van der Waals surface area contributed by atoms with Gasteiger partial charge < -0.3 is 20.8 Å². The average molecular weight is 300 g/mol. The summed E-state index contributed by atoms with van der Waals surface area (Å²) in [4.78, 5) is 34.0. The first kappa shape index (κ1) is 16.0. The fourth-order valence-corrected chi connectivity index (χ4v) is 2.42. The van der Waals surface area contributed by atoms with Crippen molar-refractivity contribution in [3.63, 3.8) is 0 Å². The zero-order valence-corrected chi connectivity index (χ0v) is 11.6. The van der Waals surface area contributed by atoms with Crippen LogP contribution in [0.25, 0.3) is 0 Å². The fraction of sp³-hybridized carbons (Fsp3) is 0.417. The molecule has 8 heteroatoms. The smallest absolute Gasteiger partial charge is 0.326 e. The minimum absolute atomic E-state index is 0.187. The molecule has 0 saturated heterocycles. The van der Waals surface area contributed by atoms with Crippen LogP contribution in [0.3, 0.4) is 0 Å². The number of amides is 2. The third-order valence-corrected chi connectivity index (χ3v) is 3.35. The van der Waals surface area contributed by atoms with Crippen molar-refractivity contribution in [3.8, 4) is 0 Å². The highest BCUT2D eigenvalue weighted by Gasteiger charge is 2.23. The summed E-state index contributed by atoms with van der Waals surface area (Å²) in [6.45, 7) is 1.78. The number of carbonyl (C=O) groups is 3. The Balaban J connectivity index is 2.44. The number of thiophene rings is 1. The standard InChI is InChI=1S/C12H16N2O5S/c1-7(5-8-3-2-4-20-8)13-12(19)14-9(11(17)18)6-10(15)16/h2-4,7,9H,5-6H2,1H3,(H,15,16)(H,17,18)(H2,13,14,19). The number of urea groups is 1. The predicted octanol–water partition coefficient (Wildman–Crippen LogP) is 0.906. The lowest BCUT2D eigenvalue weighted by atomic mass is 10.2. The quantitative estimate of drug-likeness (QED) is 0.597. The SMILES string of the molecule is CC(Cc1cccs1)NC(=O)NC(CC(=O)O)C(=O)O. The van der Waals surface area contributed by atoms with E-state index >= 15 is 0 Å². The molecule has 0 spiro atoms. The van der Waals surface area contributed by atoms with Crippen LogP contribution in [-0.4, -0.2) is 40.3 Å². The first-order valence-electron chi connectivity index (χ1n) is 5.92. The molecule has 2 amide bonds. The van der Waals surface area contributed by atoms with Gasteiger partial charge in [0.2, 0.25) is 0 Å². The van der Waals surface area contributed by atoms with Crippen molar-refractivity contribution in [1.82, 2.24) is 10.6 Å². The lowest BCUT2D eigenvalue weighted by Gasteiger charge is -2.17. The van der Waals surface area contributed by atoms with E-state index in [-0.39, 0.29) is 6.04 Å². The summed E-state index contributed by atoms with van der Waals surface area (Å²) >= 11 is 1.56. The van der Waals surface area contributed by atoms with Gasteiger partial charge in [0.1, 0.15) is 6.04 Å². The summed E-state index contributed by atoms with van der Waals surface area (Å²) in [5.41, 5.74) is 0. The zero-order chi connectivity index (χ0) is 15.1.